The summed E-state index contributed by atoms with van der Waals surface area (Å²) >= 11 is 5.93. The topological polar surface area (TPSA) is 69.8 Å². The Hall–Kier alpha value is -2.79. The average molecular weight is 355 g/mol. The van der Waals surface area contributed by atoms with E-state index in [1.807, 2.05) is 37.3 Å². The Morgan fingerprint density at radius 2 is 2.00 bits per heavy atom. The second-order valence-corrected chi connectivity index (χ2v) is 6.05. The smallest absolute Gasteiger partial charge is 0.319 e. The summed E-state index contributed by atoms with van der Waals surface area (Å²) in [7, 11) is 0. The normalized spacial score (nSPS) is 11.8. The van der Waals surface area contributed by atoms with Gasteiger partial charge in [-0.2, -0.15) is 0 Å². The predicted molar refractivity (Wildman–Crippen MR) is 101 cm³/mol. The molecule has 0 aliphatic carbocycles. The first-order valence-corrected chi connectivity index (χ1v) is 8.47. The van der Waals surface area contributed by atoms with Crippen molar-refractivity contribution in [3.63, 3.8) is 0 Å². The molecule has 3 N–H and O–H groups in total. The Kier molecular flexibility index (Phi) is 5.36. The minimum atomic E-state index is -0.299. The van der Waals surface area contributed by atoms with Gasteiger partial charge in [-0.05, 0) is 30.2 Å². The summed E-state index contributed by atoms with van der Waals surface area (Å²) in [5.41, 5.74) is 2.62. The lowest BCUT2D eigenvalue weighted by molar-refractivity contribution is 0.247. The van der Waals surface area contributed by atoms with Crippen LogP contribution in [-0.2, 0) is 0 Å². The molecule has 25 heavy (non-hydrogen) atoms. The van der Waals surface area contributed by atoms with Gasteiger partial charge in [-0.25, -0.2) is 9.78 Å². The van der Waals surface area contributed by atoms with Gasteiger partial charge in [0, 0.05) is 10.7 Å². The maximum absolute atomic E-state index is 12.2. The minimum Gasteiger partial charge on any atom is -0.340 e. The lowest BCUT2D eigenvalue weighted by Gasteiger charge is -2.15. The van der Waals surface area contributed by atoms with Crippen molar-refractivity contribution in [3.05, 3.63) is 71.6 Å². The number of imidazole rings is 1. The van der Waals surface area contributed by atoms with Gasteiger partial charge < -0.3 is 15.6 Å². The summed E-state index contributed by atoms with van der Waals surface area (Å²) in [5, 5.41) is 6.28. The lowest BCUT2D eigenvalue weighted by atomic mass is 10.2. The summed E-state index contributed by atoms with van der Waals surface area (Å²) in [5.74, 6) is 0.725. The fourth-order valence-corrected chi connectivity index (χ4v) is 2.72. The van der Waals surface area contributed by atoms with Crippen LogP contribution < -0.4 is 10.6 Å². The van der Waals surface area contributed by atoms with Crippen LogP contribution in [0.4, 0.5) is 10.5 Å². The molecule has 5 nitrogen and oxygen atoms in total. The molecule has 1 atom stereocenters. The molecule has 0 aliphatic rings. The number of carbonyl (C=O) groups excluding carboxylic acids is 1. The molecule has 0 fully saturated rings. The van der Waals surface area contributed by atoms with Crippen LogP contribution in [0.2, 0.25) is 5.02 Å². The van der Waals surface area contributed by atoms with Crippen molar-refractivity contribution >= 4 is 23.3 Å². The van der Waals surface area contributed by atoms with E-state index in [0.717, 1.165) is 17.1 Å². The van der Waals surface area contributed by atoms with Gasteiger partial charge in [0.15, 0.2) is 0 Å². The van der Waals surface area contributed by atoms with E-state index in [0.29, 0.717) is 17.1 Å². The highest BCUT2D eigenvalue weighted by Gasteiger charge is 2.16. The third kappa shape index (κ3) is 4.39. The molecule has 2 aromatic carbocycles. The van der Waals surface area contributed by atoms with Gasteiger partial charge in [-0.1, -0.05) is 54.9 Å². The van der Waals surface area contributed by atoms with Gasteiger partial charge in [0.25, 0.3) is 0 Å². The summed E-state index contributed by atoms with van der Waals surface area (Å²) in [6.45, 7) is 2.00. The van der Waals surface area contributed by atoms with Crippen LogP contribution >= 0.6 is 11.6 Å². The van der Waals surface area contributed by atoms with Crippen LogP contribution in [0.25, 0.3) is 11.3 Å². The van der Waals surface area contributed by atoms with Gasteiger partial charge in [-0.15, -0.1) is 0 Å². The van der Waals surface area contributed by atoms with Crippen LogP contribution in [0.15, 0.2) is 60.8 Å². The number of nitrogens with zero attached hydrogens (tertiary/aromatic N) is 1. The molecule has 0 spiro atoms. The van der Waals surface area contributed by atoms with Crippen molar-refractivity contribution in [2.75, 3.05) is 5.32 Å². The van der Waals surface area contributed by atoms with E-state index in [2.05, 4.69) is 20.6 Å². The molecule has 3 rings (SSSR count). The number of nitrogens with one attached hydrogen (secondary N) is 3. The first-order valence-electron chi connectivity index (χ1n) is 8.09. The van der Waals surface area contributed by atoms with Crippen molar-refractivity contribution in [2.24, 2.45) is 0 Å². The maximum atomic E-state index is 12.2. The van der Waals surface area contributed by atoms with Crippen molar-refractivity contribution in [1.29, 1.82) is 0 Å². The Labute approximate surface area is 151 Å². The van der Waals surface area contributed by atoms with Crippen LogP contribution in [0.5, 0.6) is 0 Å². The Morgan fingerprint density at radius 1 is 1.20 bits per heavy atom. The fourth-order valence-electron chi connectivity index (χ4n) is 2.53. The molecule has 1 unspecified atom stereocenters. The molecule has 0 aliphatic heterocycles. The zero-order valence-electron chi connectivity index (χ0n) is 13.8. The number of anilines is 1. The summed E-state index contributed by atoms with van der Waals surface area (Å²) in [4.78, 5) is 19.9. The highest BCUT2D eigenvalue weighted by atomic mass is 35.5. The second kappa shape index (κ2) is 7.85. The molecule has 0 bridgehead atoms. The molecular formula is C19H19ClN4O. The molecule has 0 saturated carbocycles. The zero-order chi connectivity index (χ0) is 17.6. The van der Waals surface area contributed by atoms with Crippen molar-refractivity contribution in [3.8, 4) is 11.3 Å². The first kappa shape index (κ1) is 17.0. The molecule has 3 aromatic rings. The van der Waals surface area contributed by atoms with E-state index in [9.17, 15) is 4.79 Å². The minimum absolute atomic E-state index is 0.211. The Balaban J connectivity index is 1.68. The number of aromatic nitrogens is 2. The number of carbonyl (C=O) groups is 1. The average Bonchev–Trinajstić information content (AvgIpc) is 3.10. The highest BCUT2D eigenvalue weighted by Crippen LogP contribution is 2.21. The van der Waals surface area contributed by atoms with Gasteiger partial charge >= 0.3 is 6.03 Å². The molecule has 128 valence electrons. The van der Waals surface area contributed by atoms with E-state index in [4.69, 9.17) is 11.6 Å². The van der Waals surface area contributed by atoms with E-state index in [1.165, 1.54) is 0 Å². The van der Waals surface area contributed by atoms with E-state index < -0.39 is 0 Å². The second-order valence-electron chi connectivity index (χ2n) is 5.62. The first-order chi connectivity index (χ1) is 12.2. The van der Waals surface area contributed by atoms with Crippen molar-refractivity contribution < 1.29 is 4.79 Å². The maximum Gasteiger partial charge on any atom is 0.319 e. The monoisotopic (exact) mass is 354 g/mol. The molecular weight excluding hydrogens is 336 g/mol. The molecule has 2 amide bonds. The number of amides is 2. The van der Waals surface area contributed by atoms with E-state index in [-0.39, 0.29) is 12.1 Å². The van der Waals surface area contributed by atoms with E-state index in [1.54, 1.807) is 30.5 Å². The van der Waals surface area contributed by atoms with Crippen molar-refractivity contribution in [2.45, 2.75) is 19.4 Å². The quantitative estimate of drug-likeness (QED) is 0.603. The number of hydrogen-bond donors (Lipinski definition) is 3. The Morgan fingerprint density at radius 3 is 2.72 bits per heavy atom. The molecule has 0 radical (unpaired) electrons. The van der Waals surface area contributed by atoms with Crippen LogP contribution in [-0.4, -0.2) is 16.0 Å². The third-order valence-electron chi connectivity index (χ3n) is 3.81. The fraction of sp³-hybridized carbons (Fsp3) is 0.158. The van der Waals surface area contributed by atoms with Crippen LogP contribution in [0.1, 0.15) is 25.2 Å². The lowest BCUT2D eigenvalue weighted by Crippen LogP contribution is -2.32. The van der Waals surface area contributed by atoms with Gasteiger partial charge in [0.1, 0.15) is 5.82 Å². The SMILES string of the molecule is CCC(NC(=O)Nc1cccc(Cl)c1)c1ncc(-c2ccccc2)[nH]1. The third-order valence-corrected chi connectivity index (χ3v) is 4.04. The summed E-state index contributed by atoms with van der Waals surface area (Å²) < 4.78 is 0. The summed E-state index contributed by atoms with van der Waals surface area (Å²) in [6.07, 6.45) is 2.49. The Bertz CT molecular complexity index is 847. The van der Waals surface area contributed by atoms with Crippen LogP contribution in [0, 0.1) is 0 Å². The number of hydrogen-bond acceptors (Lipinski definition) is 2. The number of rotatable bonds is 5. The number of benzene rings is 2. The number of urea groups is 1. The largest absolute Gasteiger partial charge is 0.340 e. The van der Waals surface area contributed by atoms with Crippen molar-refractivity contribution in [1.82, 2.24) is 15.3 Å². The molecule has 6 heteroatoms. The van der Waals surface area contributed by atoms with Gasteiger partial charge in [0.05, 0.1) is 17.9 Å². The number of aromatic amines is 1. The molecule has 0 saturated heterocycles. The standard InChI is InChI=1S/C19H19ClN4O/c1-2-16(24-19(25)22-15-10-6-9-14(20)11-15)18-21-12-17(23-18)13-7-4-3-5-8-13/h3-12,16H,2H2,1H3,(H,21,23)(H2,22,24,25). The molecule has 1 aromatic heterocycles. The van der Waals surface area contributed by atoms with Gasteiger partial charge in [-0.3, -0.25) is 0 Å². The number of halogens is 1. The number of H-pyrrole nitrogens is 1. The van der Waals surface area contributed by atoms with Crippen LogP contribution in [0.3, 0.4) is 0 Å². The van der Waals surface area contributed by atoms with Gasteiger partial charge in [0.2, 0.25) is 0 Å². The highest BCUT2D eigenvalue weighted by molar-refractivity contribution is 6.30. The summed E-state index contributed by atoms with van der Waals surface area (Å²) in [6, 6.07) is 16.5. The predicted octanol–water partition coefficient (Wildman–Crippen LogP) is 5.00. The zero-order valence-corrected chi connectivity index (χ0v) is 14.5. The molecule has 1 heterocycles. The van der Waals surface area contributed by atoms with E-state index >= 15 is 0 Å².